The molecule has 0 radical (unpaired) electrons. The molecule has 0 atom stereocenters. The first-order valence-corrected chi connectivity index (χ1v) is 14.4. The van der Waals surface area contributed by atoms with Crippen LogP contribution >= 0.6 is 11.3 Å². The van der Waals surface area contributed by atoms with Crippen molar-refractivity contribution in [3.63, 3.8) is 0 Å². The highest BCUT2D eigenvalue weighted by molar-refractivity contribution is 7.17. The second-order valence-corrected chi connectivity index (χ2v) is 11.3. The van der Waals surface area contributed by atoms with Crippen LogP contribution in [0.15, 0.2) is 53.5 Å². The average molecular weight is 584 g/mol. The Kier molecular flexibility index (Phi) is 7.11. The molecule has 4 aromatic heterocycles. The van der Waals surface area contributed by atoms with Gasteiger partial charge in [0, 0.05) is 11.1 Å². The van der Waals surface area contributed by atoms with Crippen molar-refractivity contribution in [3.05, 3.63) is 97.2 Å². The highest BCUT2D eigenvalue weighted by Crippen LogP contribution is 2.38. The molecule has 0 unspecified atom stereocenters. The van der Waals surface area contributed by atoms with Crippen molar-refractivity contribution in [1.29, 1.82) is 5.41 Å². The van der Waals surface area contributed by atoms with Crippen LogP contribution in [0, 0.1) is 12.3 Å². The lowest BCUT2D eigenvalue weighted by Gasteiger charge is -2.16. The predicted octanol–water partition coefficient (Wildman–Crippen LogP) is 4.47. The molecule has 1 amide bonds. The van der Waals surface area contributed by atoms with Crippen molar-refractivity contribution in [2.24, 2.45) is 0 Å². The first-order chi connectivity index (χ1) is 20.3. The molecule has 0 spiro atoms. The lowest BCUT2D eigenvalue weighted by Crippen LogP contribution is -2.32. The maximum absolute atomic E-state index is 13.8. The van der Waals surface area contributed by atoms with Crippen LogP contribution in [0.25, 0.3) is 16.7 Å². The van der Waals surface area contributed by atoms with Gasteiger partial charge in [-0.15, -0.1) is 11.3 Å². The average Bonchev–Trinajstić information content (AvgIpc) is 3.36. The maximum atomic E-state index is 13.8. The molecule has 10 nitrogen and oxygen atoms in total. The fourth-order valence-electron chi connectivity index (χ4n) is 5.48. The number of hydrogen-bond donors (Lipinski definition) is 2. The van der Waals surface area contributed by atoms with E-state index in [0.717, 1.165) is 47.3 Å². The Morgan fingerprint density at radius 1 is 1.10 bits per heavy atom. The number of methoxy groups -OCH3 is 2. The molecule has 4 heterocycles. The largest absolute Gasteiger partial charge is 0.497 e. The molecule has 1 aromatic carbocycles. The van der Waals surface area contributed by atoms with Crippen LogP contribution in [0.2, 0.25) is 0 Å². The lowest BCUT2D eigenvalue weighted by molar-refractivity contribution is 0.0601. The summed E-state index contributed by atoms with van der Waals surface area (Å²) in [5.41, 5.74) is 3.22. The van der Waals surface area contributed by atoms with Gasteiger partial charge >= 0.3 is 5.97 Å². The first kappa shape index (κ1) is 27.4. The highest BCUT2D eigenvalue weighted by Gasteiger charge is 2.28. The number of carbonyl (C=O) groups is 2. The van der Waals surface area contributed by atoms with Gasteiger partial charge in [-0.05, 0) is 73.6 Å². The van der Waals surface area contributed by atoms with Crippen LogP contribution in [0.1, 0.15) is 55.1 Å². The molecule has 1 aliphatic carbocycles. The number of anilines is 1. The summed E-state index contributed by atoms with van der Waals surface area (Å²) in [5, 5.41) is 12.6. The second-order valence-electron chi connectivity index (χ2n) is 10.2. The van der Waals surface area contributed by atoms with Gasteiger partial charge in [-0.25, -0.2) is 9.78 Å². The smallest absolute Gasteiger partial charge is 0.341 e. The Morgan fingerprint density at radius 2 is 1.86 bits per heavy atom. The third-order valence-corrected chi connectivity index (χ3v) is 8.87. The molecule has 0 saturated carbocycles. The molecule has 214 valence electrons. The number of nitrogens with zero attached hydrogens (tertiary/aromatic N) is 3. The van der Waals surface area contributed by atoms with Gasteiger partial charge in [-0.2, -0.15) is 0 Å². The van der Waals surface area contributed by atoms with Crippen molar-refractivity contribution in [2.75, 3.05) is 19.5 Å². The van der Waals surface area contributed by atoms with Gasteiger partial charge < -0.3 is 19.4 Å². The number of pyridine rings is 2. The highest BCUT2D eigenvalue weighted by atomic mass is 32.1. The Bertz CT molecular complexity index is 2010. The van der Waals surface area contributed by atoms with E-state index < -0.39 is 11.9 Å². The quantitative estimate of drug-likeness (QED) is 0.224. The van der Waals surface area contributed by atoms with E-state index in [0.29, 0.717) is 27.6 Å². The van der Waals surface area contributed by atoms with Gasteiger partial charge in [0.05, 0.1) is 37.3 Å². The zero-order valence-electron chi connectivity index (χ0n) is 23.4. The summed E-state index contributed by atoms with van der Waals surface area (Å²) in [7, 11) is 2.91. The number of rotatable bonds is 6. The predicted molar refractivity (Wildman–Crippen MR) is 160 cm³/mol. The number of esters is 1. The molecule has 0 aliphatic heterocycles. The number of amides is 1. The number of thiophene rings is 1. The van der Waals surface area contributed by atoms with Gasteiger partial charge in [0.2, 0.25) is 0 Å². The summed E-state index contributed by atoms with van der Waals surface area (Å²) in [6.45, 7) is 2.06. The third-order valence-electron chi connectivity index (χ3n) is 7.67. The molecule has 11 heteroatoms. The summed E-state index contributed by atoms with van der Waals surface area (Å²) in [6, 6.07) is 12.4. The van der Waals surface area contributed by atoms with Crippen molar-refractivity contribution in [3.8, 4) is 5.75 Å². The van der Waals surface area contributed by atoms with Gasteiger partial charge in [-0.3, -0.25) is 19.4 Å². The molecule has 2 N–H and O–H groups in total. The third kappa shape index (κ3) is 4.65. The minimum absolute atomic E-state index is 0.00953. The fourth-order valence-corrected chi connectivity index (χ4v) is 6.75. The van der Waals surface area contributed by atoms with Crippen molar-refractivity contribution in [2.45, 2.75) is 39.2 Å². The zero-order valence-corrected chi connectivity index (χ0v) is 24.3. The Hall–Kier alpha value is -4.77. The van der Waals surface area contributed by atoms with E-state index >= 15 is 0 Å². The maximum Gasteiger partial charge on any atom is 0.341 e. The van der Waals surface area contributed by atoms with Crippen LogP contribution in [0.4, 0.5) is 5.00 Å². The molecule has 5 aromatic rings. The number of hydrogen-bond acceptors (Lipinski definition) is 8. The van der Waals surface area contributed by atoms with E-state index in [-0.39, 0.29) is 28.5 Å². The van der Waals surface area contributed by atoms with Gasteiger partial charge in [-0.1, -0.05) is 18.2 Å². The topological polar surface area (TPSA) is 128 Å². The Balaban J connectivity index is 1.53. The summed E-state index contributed by atoms with van der Waals surface area (Å²) in [4.78, 5) is 46.2. The number of benzene rings is 1. The van der Waals surface area contributed by atoms with E-state index in [4.69, 9.17) is 19.9 Å². The minimum atomic E-state index is -0.595. The van der Waals surface area contributed by atoms with Crippen LogP contribution in [-0.2, 0) is 24.1 Å². The Morgan fingerprint density at radius 3 is 2.60 bits per heavy atom. The van der Waals surface area contributed by atoms with E-state index in [2.05, 4.69) is 5.32 Å². The number of nitrogens with one attached hydrogen (secondary N) is 2. The number of ether oxygens (including phenoxy) is 2. The van der Waals surface area contributed by atoms with E-state index in [1.54, 1.807) is 23.9 Å². The molecule has 42 heavy (non-hydrogen) atoms. The fraction of sp³-hybridized carbons (Fsp3) is 0.258. The molecule has 0 bridgehead atoms. The van der Waals surface area contributed by atoms with Crippen molar-refractivity contribution in [1.82, 2.24) is 14.0 Å². The van der Waals surface area contributed by atoms with Crippen molar-refractivity contribution >= 4 is 44.9 Å². The number of aromatic nitrogens is 3. The van der Waals surface area contributed by atoms with Crippen LogP contribution in [0.5, 0.6) is 5.75 Å². The number of carbonyl (C=O) groups excluding carboxylic acids is 2. The van der Waals surface area contributed by atoms with E-state index in [9.17, 15) is 14.4 Å². The first-order valence-electron chi connectivity index (χ1n) is 13.6. The molecule has 1 aliphatic rings. The lowest BCUT2D eigenvalue weighted by atomic mass is 9.95. The monoisotopic (exact) mass is 583 g/mol. The summed E-state index contributed by atoms with van der Waals surface area (Å²) < 4.78 is 13.3. The van der Waals surface area contributed by atoms with Crippen molar-refractivity contribution < 1.29 is 19.1 Å². The normalized spacial score (nSPS) is 12.7. The molecule has 6 rings (SSSR count). The molecule has 0 fully saturated rings. The van der Waals surface area contributed by atoms with E-state index in [1.807, 2.05) is 37.3 Å². The van der Waals surface area contributed by atoms with Crippen LogP contribution in [-0.4, -0.2) is 40.0 Å². The number of fused-ring (bicyclic) bond motifs is 3. The molecule has 0 saturated heterocycles. The second kappa shape index (κ2) is 10.9. The zero-order chi connectivity index (χ0) is 29.5. The minimum Gasteiger partial charge on any atom is -0.497 e. The Labute approximate surface area is 244 Å². The van der Waals surface area contributed by atoms with Crippen LogP contribution in [0.3, 0.4) is 0 Å². The summed E-state index contributed by atoms with van der Waals surface area (Å²) >= 11 is 1.36. The van der Waals surface area contributed by atoms with E-state index in [1.165, 1.54) is 28.9 Å². The van der Waals surface area contributed by atoms with Gasteiger partial charge in [0.25, 0.3) is 11.5 Å². The van der Waals surface area contributed by atoms with Crippen LogP contribution < -0.4 is 21.1 Å². The summed E-state index contributed by atoms with van der Waals surface area (Å²) in [6.07, 6.45) is 5.17. The molecular weight excluding hydrogens is 554 g/mol. The van der Waals surface area contributed by atoms with Gasteiger partial charge in [0.15, 0.2) is 0 Å². The summed E-state index contributed by atoms with van der Waals surface area (Å²) in [5.74, 6) is -0.415. The molecular formula is C31H29N5O5S. The number of aryl methyl sites for hydroxylation is 2. The van der Waals surface area contributed by atoms with Gasteiger partial charge in [0.1, 0.15) is 27.5 Å². The SMILES string of the molecule is COC(=O)c1c(NC(=O)c2cc3c(=O)n4cccc(C)c4nc3n(Cc3ccc(OC)cc3)c2=N)sc2c1CCCC2. The standard InChI is InChI=1S/C31H29N5O5S/c1-17-7-6-14-35-26(17)33-27-22(30(35)38)15-21(25(32)36(27)16-18-10-12-19(40-2)13-11-18)28(37)34-29-24(31(39)41-3)20-8-4-5-9-23(20)42-29/h6-7,10-15,32H,4-5,8-9,16H2,1-3H3,(H,34,37).